The Balaban J connectivity index is 1.79. The van der Waals surface area contributed by atoms with E-state index in [0.29, 0.717) is 34.3 Å². The summed E-state index contributed by atoms with van der Waals surface area (Å²) < 4.78 is 1.42. The van der Waals surface area contributed by atoms with Crippen molar-refractivity contribution in [1.29, 1.82) is 10.5 Å². The second kappa shape index (κ2) is 7.31. The third-order valence-electron chi connectivity index (χ3n) is 4.52. The van der Waals surface area contributed by atoms with Crippen LogP contribution < -0.4 is 16.0 Å². The zero-order valence-corrected chi connectivity index (χ0v) is 15.7. The number of nitrogens with zero attached hydrogens (tertiary/aromatic N) is 6. The zero-order chi connectivity index (χ0) is 19.7. The molecule has 28 heavy (non-hydrogen) atoms. The Morgan fingerprint density at radius 3 is 2.79 bits per heavy atom. The maximum atomic E-state index is 9.39. The van der Waals surface area contributed by atoms with E-state index in [2.05, 4.69) is 43.2 Å². The minimum atomic E-state index is 0.243. The average Bonchev–Trinajstić information content (AvgIpc) is 3.07. The number of nitriles is 2. The van der Waals surface area contributed by atoms with Crippen LogP contribution in [0.5, 0.6) is 0 Å². The van der Waals surface area contributed by atoms with Crippen LogP contribution in [0, 0.1) is 22.7 Å². The van der Waals surface area contributed by atoms with Gasteiger partial charge in [-0.2, -0.15) is 20.0 Å². The van der Waals surface area contributed by atoms with Gasteiger partial charge in [-0.25, -0.2) is 4.98 Å². The third-order valence-corrected chi connectivity index (χ3v) is 4.94. The van der Waals surface area contributed by atoms with Crippen LogP contribution in [0.4, 0.5) is 17.5 Å². The molecule has 1 saturated heterocycles. The van der Waals surface area contributed by atoms with Gasteiger partial charge in [-0.3, -0.25) is 0 Å². The van der Waals surface area contributed by atoms with E-state index in [1.807, 2.05) is 13.0 Å². The van der Waals surface area contributed by atoms with Crippen molar-refractivity contribution in [2.45, 2.75) is 12.8 Å². The van der Waals surface area contributed by atoms with Gasteiger partial charge >= 0.3 is 0 Å². The molecule has 1 fully saturated rings. The summed E-state index contributed by atoms with van der Waals surface area (Å²) in [4.78, 5) is 8.67. The van der Waals surface area contributed by atoms with Gasteiger partial charge in [0.25, 0.3) is 0 Å². The maximum Gasteiger partial charge on any atom is 0.247 e. The van der Waals surface area contributed by atoms with E-state index >= 15 is 0 Å². The van der Waals surface area contributed by atoms with Gasteiger partial charge < -0.3 is 16.0 Å². The number of benzene rings is 1. The van der Waals surface area contributed by atoms with Crippen molar-refractivity contribution in [2.75, 3.05) is 30.3 Å². The van der Waals surface area contributed by atoms with Crippen molar-refractivity contribution >= 4 is 34.7 Å². The molecule has 1 aromatic carbocycles. The molecule has 4 rings (SSSR count). The molecule has 0 atom stereocenters. The molecule has 3 N–H and O–H groups in total. The van der Waals surface area contributed by atoms with Gasteiger partial charge in [-0.15, -0.1) is 5.10 Å². The second-order valence-corrected chi connectivity index (χ2v) is 6.70. The molecule has 0 radical (unpaired) electrons. The Morgan fingerprint density at radius 2 is 2.14 bits per heavy atom. The van der Waals surface area contributed by atoms with E-state index in [1.165, 1.54) is 10.7 Å². The van der Waals surface area contributed by atoms with E-state index in [0.717, 1.165) is 18.7 Å². The molecule has 0 amide bonds. The van der Waals surface area contributed by atoms with Crippen molar-refractivity contribution in [2.24, 2.45) is 0 Å². The van der Waals surface area contributed by atoms with Crippen LogP contribution in [0.2, 0.25) is 5.02 Å². The van der Waals surface area contributed by atoms with Crippen LogP contribution in [-0.4, -0.2) is 39.2 Å². The van der Waals surface area contributed by atoms with Gasteiger partial charge in [-0.05, 0) is 24.6 Å². The molecule has 3 heterocycles. The Morgan fingerprint density at radius 1 is 1.32 bits per heavy atom. The third kappa shape index (κ3) is 3.07. The maximum absolute atomic E-state index is 9.39. The molecule has 2 aromatic heterocycles. The summed E-state index contributed by atoms with van der Waals surface area (Å²) in [6.07, 6.45) is 1.44. The minimum Gasteiger partial charge on any atom is -0.367 e. The fourth-order valence-electron chi connectivity index (χ4n) is 3.03. The van der Waals surface area contributed by atoms with E-state index in [-0.39, 0.29) is 17.6 Å². The lowest BCUT2D eigenvalue weighted by Crippen LogP contribution is -2.40. The fraction of sp³-hybridized carbons (Fsp3) is 0.278. The molecule has 0 unspecified atom stereocenters. The lowest BCUT2D eigenvalue weighted by Gasteiger charge is -2.29. The van der Waals surface area contributed by atoms with Crippen LogP contribution >= 0.6 is 11.6 Å². The molecule has 10 heteroatoms. The summed E-state index contributed by atoms with van der Waals surface area (Å²) >= 11 is 6.61. The topological polar surface area (TPSA) is 127 Å². The number of hydrogen-bond donors (Lipinski definition) is 3. The van der Waals surface area contributed by atoms with E-state index in [4.69, 9.17) is 11.6 Å². The van der Waals surface area contributed by atoms with Crippen molar-refractivity contribution in [3.63, 3.8) is 0 Å². The average molecular weight is 394 g/mol. The molecule has 0 saturated carbocycles. The van der Waals surface area contributed by atoms with Crippen molar-refractivity contribution in [3.8, 4) is 12.1 Å². The zero-order valence-electron chi connectivity index (χ0n) is 15.0. The summed E-state index contributed by atoms with van der Waals surface area (Å²) in [7, 11) is 0. The quantitative estimate of drug-likeness (QED) is 0.603. The summed E-state index contributed by atoms with van der Waals surface area (Å²) in [5, 5.41) is 33.0. The number of rotatable bonds is 5. The summed E-state index contributed by atoms with van der Waals surface area (Å²) in [6.45, 7) is 4.21. The van der Waals surface area contributed by atoms with Crippen LogP contribution in [0.25, 0.3) is 5.65 Å². The number of hydrogen-bond acceptors (Lipinski definition) is 8. The minimum absolute atomic E-state index is 0.243. The first kappa shape index (κ1) is 18.0. The summed E-state index contributed by atoms with van der Waals surface area (Å²) in [5.74, 6) is 1.01. The number of fused-ring (bicyclic) bond motifs is 1. The molecule has 140 valence electrons. The number of imidazole rings is 1. The van der Waals surface area contributed by atoms with E-state index in [1.54, 1.807) is 6.07 Å². The van der Waals surface area contributed by atoms with Crippen LogP contribution in [0.3, 0.4) is 0 Å². The molecule has 1 aliphatic rings. The molecule has 0 aliphatic carbocycles. The predicted octanol–water partition coefficient (Wildman–Crippen LogP) is 2.38. The number of nitrogens with one attached hydrogen (secondary N) is 3. The van der Waals surface area contributed by atoms with Crippen LogP contribution in [0.15, 0.2) is 18.3 Å². The first-order valence-electron chi connectivity index (χ1n) is 8.75. The molecular formula is C18H16ClN9. The molecular weight excluding hydrogens is 378 g/mol. The van der Waals surface area contributed by atoms with Crippen molar-refractivity contribution < 1.29 is 0 Å². The van der Waals surface area contributed by atoms with Gasteiger partial charge in [0.1, 0.15) is 6.07 Å². The number of anilines is 3. The first-order chi connectivity index (χ1) is 13.6. The van der Waals surface area contributed by atoms with Crippen molar-refractivity contribution in [3.05, 3.63) is 40.2 Å². The molecule has 0 spiro atoms. The van der Waals surface area contributed by atoms with Gasteiger partial charge in [0, 0.05) is 25.6 Å². The highest BCUT2D eigenvalue weighted by atomic mass is 35.5. The second-order valence-electron chi connectivity index (χ2n) is 6.32. The molecule has 3 aromatic rings. The van der Waals surface area contributed by atoms with Crippen LogP contribution in [-0.2, 0) is 0 Å². The Kier molecular flexibility index (Phi) is 4.70. The highest BCUT2D eigenvalue weighted by molar-refractivity contribution is 6.34. The highest BCUT2D eigenvalue weighted by Gasteiger charge is 2.24. The number of halogens is 1. The standard InChI is InChI=1S/C18H16ClN9/c1-2-23-16-17-24-9-12(6-21)28(17)27-18(26-16)25-14-4-10(5-20)3-13(15(14)19)11-7-22-8-11/h3-4,9,11,22H,2,7-8H2,1H3,(H2,23,25,26,27). The Hall–Kier alpha value is -3.40. The van der Waals surface area contributed by atoms with E-state index in [9.17, 15) is 10.5 Å². The lowest BCUT2D eigenvalue weighted by molar-refractivity contribution is 0.448. The van der Waals surface area contributed by atoms with Crippen LogP contribution in [0.1, 0.15) is 29.7 Å². The summed E-state index contributed by atoms with van der Waals surface area (Å²) in [6, 6.07) is 7.71. The van der Waals surface area contributed by atoms with Gasteiger partial charge in [0.2, 0.25) is 5.95 Å². The molecule has 0 bridgehead atoms. The Labute approximate surface area is 166 Å². The highest BCUT2D eigenvalue weighted by Crippen LogP contribution is 2.35. The van der Waals surface area contributed by atoms with Crippen molar-refractivity contribution in [1.82, 2.24) is 24.9 Å². The fourth-order valence-corrected chi connectivity index (χ4v) is 3.34. The SMILES string of the molecule is CCNc1nc(Nc2cc(C#N)cc(C3CNC3)c2Cl)nn2c(C#N)cnc12. The van der Waals surface area contributed by atoms with Gasteiger partial charge in [0.05, 0.1) is 28.5 Å². The summed E-state index contributed by atoms with van der Waals surface area (Å²) in [5.41, 5.74) is 2.71. The molecule has 1 aliphatic heterocycles. The Bertz CT molecular complexity index is 1130. The van der Waals surface area contributed by atoms with Gasteiger partial charge in [-0.1, -0.05) is 11.6 Å². The van der Waals surface area contributed by atoms with E-state index < -0.39 is 0 Å². The predicted molar refractivity (Wildman–Crippen MR) is 105 cm³/mol. The molecule has 9 nitrogen and oxygen atoms in total. The van der Waals surface area contributed by atoms with Gasteiger partial charge in [0.15, 0.2) is 17.2 Å². The number of aromatic nitrogens is 4. The lowest BCUT2D eigenvalue weighted by atomic mass is 9.92. The monoisotopic (exact) mass is 393 g/mol. The smallest absolute Gasteiger partial charge is 0.247 e. The normalized spacial score (nSPS) is 13.6. The first-order valence-corrected chi connectivity index (χ1v) is 9.13. The largest absolute Gasteiger partial charge is 0.367 e.